The van der Waals surface area contributed by atoms with E-state index in [2.05, 4.69) is 6.92 Å². The van der Waals surface area contributed by atoms with Gasteiger partial charge in [0.15, 0.2) is 5.78 Å². The number of nitrogens with zero attached hydrogens (tertiary/aromatic N) is 1. The molecule has 1 aliphatic heterocycles. The van der Waals surface area contributed by atoms with Gasteiger partial charge in [0.1, 0.15) is 10.9 Å². The van der Waals surface area contributed by atoms with Gasteiger partial charge in [-0.05, 0) is 27.2 Å². The standard InChI is InChI=1S/C19H33NO4S/c1-5-7-8-9-10-11-12-13-17(22)20-16(18(23)24-6-2)14-25-19(20,4)15(3)21/h16H,5-14H2,1-4H3. The van der Waals surface area contributed by atoms with Crippen LogP contribution < -0.4 is 0 Å². The van der Waals surface area contributed by atoms with Crippen LogP contribution >= 0.6 is 11.8 Å². The highest BCUT2D eigenvalue weighted by Gasteiger charge is 2.52. The minimum Gasteiger partial charge on any atom is -0.464 e. The Morgan fingerprint density at radius 1 is 1.08 bits per heavy atom. The normalized spacial score (nSPS) is 22.9. The maximum atomic E-state index is 12.8. The van der Waals surface area contributed by atoms with Crippen molar-refractivity contribution in [3.63, 3.8) is 0 Å². The second-order valence-electron chi connectivity index (χ2n) is 6.75. The smallest absolute Gasteiger partial charge is 0.329 e. The van der Waals surface area contributed by atoms with E-state index in [9.17, 15) is 14.4 Å². The molecule has 0 aromatic heterocycles. The molecule has 0 spiro atoms. The minimum atomic E-state index is -0.963. The van der Waals surface area contributed by atoms with E-state index < -0.39 is 16.9 Å². The van der Waals surface area contributed by atoms with E-state index in [1.165, 1.54) is 49.3 Å². The largest absolute Gasteiger partial charge is 0.464 e. The highest BCUT2D eigenvalue weighted by Crippen LogP contribution is 2.41. The van der Waals surface area contributed by atoms with Crippen LogP contribution in [0.3, 0.4) is 0 Å². The van der Waals surface area contributed by atoms with Crippen LogP contribution in [-0.4, -0.2) is 45.8 Å². The Morgan fingerprint density at radius 3 is 2.24 bits per heavy atom. The van der Waals surface area contributed by atoms with Gasteiger partial charge in [-0.2, -0.15) is 0 Å². The first kappa shape index (κ1) is 22.0. The summed E-state index contributed by atoms with van der Waals surface area (Å²) in [5.41, 5.74) is 0. The van der Waals surface area contributed by atoms with Crippen LogP contribution in [-0.2, 0) is 19.1 Å². The molecule has 6 heteroatoms. The molecule has 2 atom stereocenters. The fraction of sp³-hybridized carbons (Fsp3) is 0.842. The van der Waals surface area contributed by atoms with Crippen LogP contribution in [0.1, 0.15) is 79.1 Å². The third-order valence-corrected chi connectivity index (χ3v) is 6.30. The number of Topliss-reactive ketones (excluding diaryl/α,β-unsaturated/α-hetero) is 1. The van der Waals surface area contributed by atoms with Crippen molar-refractivity contribution in [3.8, 4) is 0 Å². The number of hydrogen-bond acceptors (Lipinski definition) is 5. The number of ketones is 1. The van der Waals surface area contributed by atoms with Crippen LogP contribution in [0.25, 0.3) is 0 Å². The van der Waals surface area contributed by atoms with Crippen molar-refractivity contribution in [1.82, 2.24) is 4.90 Å². The van der Waals surface area contributed by atoms with E-state index in [-0.39, 0.29) is 18.3 Å². The van der Waals surface area contributed by atoms with Crippen molar-refractivity contribution in [2.75, 3.05) is 12.4 Å². The summed E-state index contributed by atoms with van der Waals surface area (Å²) in [6.07, 6.45) is 8.28. The Balaban J connectivity index is 2.62. The summed E-state index contributed by atoms with van der Waals surface area (Å²) in [5, 5.41) is 0. The Kier molecular flexibility index (Phi) is 9.54. The van der Waals surface area contributed by atoms with E-state index in [1.807, 2.05) is 0 Å². The zero-order valence-corrected chi connectivity index (χ0v) is 17.0. The first-order valence-corrected chi connectivity index (χ1v) is 10.5. The second-order valence-corrected chi connectivity index (χ2v) is 8.17. The highest BCUT2D eigenvalue weighted by atomic mass is 32.2. The molecule has 1 rings (SSSR count). The van der Waals surface area contributed by atoms with Gasteiger partial charge in [-0.15, -0.1) is 11.8 Å². The molecule has 1 fully saturated rings. The van der Waals surface area contributed by atoms with Crippen molar-refractivity contribution >= 4 is 29.4 Å². The molecule has 1 aliphatic rings. The first-order chi connectivity index (χ1) is 11.9. The number of ether oxygens (including phenoxy) is 1. The molecule has 0 aromatic carbocycles. The summed E-state index contributed by atoms with van der Waals surface area (Å²) in [6, 6.07) is -0.657. The van der Waals surface area contributed by atoms with Gasteiger partial charge >= 0.3 is 5.97 Å². The van der Waals surface area contributed by atoms with E-state index in [4.69, 9.17) is 4.74 Å². The van der Waals surface area contributed by atoms with Crippen molar-refractivity contribution in [3.05, 3.63) is 0 Å². The van der Waals surface area contributed by atoms with Gasteiger partial charge in [-0.1, -0.05) is 45.4 Å². The molecule has 1 amide bonds. The number of amides is 1. The maximum absolute atomic E-state index is 12.8. The van der Waals surface area contributed by atoms with E-state index in [1.54, 1.807) is 13.8 Å². The van der Waals surface area contributed by atoms with Crippen LogP contribution in [0.15, 0.2) is 0 Å². The van der Waals surface area contributed by atoms with E-state index in [0.717, 1.165) is 19.3 Å². The van der Waals surface area contributed by atoms with Gasteiger partial charge < -0.3 is 9.64 Å². The lowest BCUT2D eigenvalue weighted by Gasteiger charge is -2.34. The number of carbonyl (C=O) groups excluding carboxylic acids is 3. The summed E-state index contributed by atoms with van der Waals surface area (Å²) in [4.78, 5) is 37.6. The number of esters is 1. The molecule has 0 radical (unpaired) electrons. The molecule has 25 heavy (non-hydrogen) atoms. The monoisotopic (exact) mass is 371 g/mol. The van der Waals surface area contributed by atoms with Gasteiger partial charge in [-0.3, -0.25) is 9.59 Å². The maximum Gasteiger partial charge on any atom is 0.329 e. The summed E-state index contributed by atoms with van der Waals surface area (Å²) >= 11 is 1.36. The molecule has 0 bridgehead atoms. The molecule has 1 heterocycles. The van der Waals surface area contributed by atoms with E-state index >= 15 is 0 Å². The third-order valence-electron chi connectivity index (χ3n) is 4.77. The number of unbranched alkanes of at least 4 members (excludes halogenated alkanes) is 6. The number of thioether (sulfide) groups is 1. The van der Waals surface area contributed by atoms with Crippen molar-refractivity contribution < 1.29 is 19.1 Å². The Hall–Kier alpha value is -1.04. The summed E-state index contributed by atoms with van der Waals surface area (Å²) in [7, 11) is 0. The predicted molar refractivity (Wildman–Crippen MR) is 101 cm³/mol. The number of carbonyl (C=O) groups is 3. The van der Waals surface area contributed by atoms with Crippen LogP contribution in [0.4, 0.5) is 0 Å². The summed E-state index contributed by atoms with van der Waals surface area (Å²) < 4.78 is 5.10. The second kappa shape index (κ2) is 10.8. The average Bonchev–Trinajstić information content (AvgIpc) is 2.93. The van der Waals surface area contributed by atoms with Crippen LogP contribution in [0.2, 0.25) is 0 Å². The lowest BCUT2D eigenvalue weighted by Crippen LogP contribution is -2.54. The van der Waals surface area contributed by atoms with Gasteiger partial charge in [0.05, 0.1) is 6.61 Å². The van der Waals surface area contributed by atoms with Gasteiger partial charge in [0.2, 0.25) is 5.91 Å². The van der Waals surface area contributed by atoms with E-state index in [0.29, 0.717) is 12.2 Å². The fourth-order valence-electron chi connectivity index (χ4n) is 3.13. The Bertz CT molecular complexity index is 468. The average molecular weight is 372 g/mol. The van der Waals surface area contributed by atoms with Gasteiger partial charge in [-0.25, -0.2) is 4.79 Å². The molecule has 0 aromatic rings. The quantitative estimate of drug-likeness (QED) is 0.407. The predicted octanol–water partition coefficient (Wildman–Crippen LogP) is 3.94. The molecule has 0 saturated carbocycles. The molecular weight excluding hydrogens is 338 g/mol. The highest BCUT2D eigenvalue weighted by molar-refractivity contribution is 8.01. The van der Waals surface area contributed by atoms with Crippen LogP contribution in [0.5, 0.6) is 0 Å². The Labute approximate surface area is 156 Å². The topological polar surface area (TPSA) is 63.7 Å². The molecule has 144 valence electrons. The summed E-state index contributed by atoms with van der Waals surface area (Å²) in [5.74, 6) is -0.211. The van der Waals surface area contributed by atoms with Crippen LogP contribution in [0, 0.1) is 0 Å². The fourth-order valence-corrected chi connectivity index (χ4v) is 4.47. The van der Waals surface area contributed by atoms with Crippen molar-refractivity contribution in [1.29, 1.82) is 0 Å². The summed E-state index contributed by atoms with van der Waals surface area (Å²) in [6.45, 7) is 7.43. The third kappa shape index (κ3) is 6.01. The van der Waals surface area contributed by atoms with Crippen molar-refractivity contribution in [2.45, 2.75) is 90.0 Å². The molecule has 0 N–H and O–H groups in total. The minimum absolute atomic E-state index is 0.0998. The SMILES string of the molecule is CCCCCCCCCC(=O)N1C(C(=O)OCC)CSC1(C)C(C)=O. The van der Waals surface area contributed by atoms with Crippen molar-refractivity contribution in [2.24, 2.45) is 0 Å². The Morgan fingerprint density at radius 2 is 1.68 bits per heavy atom. The van der Waals surface area contributed by atoms with Gasteiger partial charge in [0.25, 0.3) is 0 Å². The molecule has 0 aliphatic carbocycles. The number of hydrogen-bond donors (Lipinski definition) is 0. The molecule has 1 saturated heterocycles. The molecular formula is C19H33NO4S. The lowest BCUT2D eigenvalue weighted by molar-refractivity contribution is -0.156. The first-order valence-electron chi connectivity index (χ1n) is 9.52. The van der Waals surface area contributed by atoms with Gasteiger partial charge in [0, 0.05) is 12.2 Å². The lowest BCUT2D eigenvalue weighted by atomic mass is 10.1. The molecule has 5 nitrogen and oxygen atoms in total. The zero-order valence-electron chi connectivity index (χ0n) is 16.1. The zero-order chi connectivity index (χ0) is 18.9. The number of rotatable bonds is 11. The molecule has 2 unspecified atom stereocenters.